The van der Waals surface area contributed by atoms with Crippen molar-refractivity contribution >= 4 is 0 Å². The summed E-state index contributed by atoms with van der Waals surface area (Å²) in [6.45, 7) is 7.45. The van der Waals surface area contributed by atoms with Gasteiger partial charge in [0, 0.05) is 19.1 Å². The molecule has 2 heteroatoms. The summed E-state index contributed by atoms with van der Waals surface area (Å²) in [6.07, 6.45) is 4.28. The van der Waals surface area contributed by atoms with Crippen LogP contribution < -0.4 is 5.32 Å². The number of hydrogen-bond donors (Lipinski definition) is 1. The second-order valence-corrected chi connectivity index (χ2v) is 4.41. The van der Waals surface area contributed by atoms with Crippen LogP contribution in [0.5, 0.6) is 0 Å². The Hall–Kier alpha value is -0.0800. The fourth-order valence-corrected chi connectivity index (χ4v) is 2.49. The fourth-order valence-electron chi connectivity index (χ4n) is 2.49. The number of fused-ring (bicyclic) bond motifs is 1. The molecule has 12 heavy (non-hydrogen) atoms. The third-order valence-corrected chi connectivity index (χ3v) is 3.17. The number of hydrogen-bond acceptors (Lipinski definition) is 2. The molecule has 2 saturated heterocycles. The van der Waals surface area contributed by atoms with Gasteiger partial charge in [-0.3, -0.25) is 4.90 Å². The van der Waals surface area contributed by atoms with Crippen molar-refractivity contribution in [3.63, 3.8) is 0 Å². The van der Waals surface area contributed by atoms with Crippen molar-refractivity contribution in [3.8, 4) is 0 Å². The minimum Gasteiger partial charge on any atom is -0.315 e. The monoisotopic (exact) mass is 168 g/mol. The predicted molar refractivity (Wildman–Crippen MR) is 51.2 cm³/mol. The maximum absolute atomic E-state index is 3.55. The van der Waals surface area contributed by atoms with Crippen LogP contribution in [-0.2, 0) is 0 Å². The molecule has 2 aliphatic rings. The number of nitrogens with zero attached hydrogens (tertiary/aromatic N) is 1. The minimum atomic E-state index is 0.841. The Morgan fingerprint density at radius 1 is 1.25 bits per heavy atom. The summed E-state index contributed by atoms with van der Waals surface area (Å²) in [5.74, 6) is 0.841. The van der Waals surface area contributed by atoms with E-state index < -0.39 is 0 Å². The van der Waals surface area contributed by atoms with E-state index in [-0.39, 0.29) is 0 Å². The van der Waals surface area contributed by atoms with Crippen LogP contribution >= 0.6 is 0 Å². The third-order valence-electron chi connectivity index (χ3n) is 3.17. The van der Waals surface area contributed by atoms with E-state index >= 15 is 0 Å². The van der Waals surface area contributed by atoms with E-state index in [4.69, 9.17) is 0 Å². The van der Waals surface area contributed by atoms with Gasteiger partial charge in [-0.2, -0.15) is 0 Å². The van der Waals surface area contributed by atoms with Crippen molar-refractivity contribution in [2.45, 2.75) is 32.2 Å². The molecular formula is C10H20N2. The number of piperidine rings is 1. The van der Waals surface area contributed by atoms with Gasteiger partial charge in [-0.1, -0.05) is 13.3 Å². The topological polar surface area (TPSA) is 15.3 Å². The minimum absolute atomic E-state index is 0.841. The van der Waals surface area contributed by atoms with Gasteiger partial charge < -0.3 is 5.32 Å². The summed E-state index contributed by atoms with van der Waals surface area (Å²) in [4.78, 5) is 2.69. The molecule has 0 spiro atoms. The Bertz CT molecular complexity index is 147. The summed E-state index contributed by atoms with van der Waals surface area (Å²) >= 11 is 0. The molecule has 0 aromatic rings. The molecule has 0 saturated carbocycles. The van der Waals surface area contributed by atoms with Gasteiger partial charge >= 0.3 is 0 Å². The highest BCUT2D eigenvalue weighted by Gasteiger charge is 2.25. The van der Waals surface area contributed by atoms with Crippen molar-refractivity contribution in [2.24, 2.45) is 5.92 Å². The van der Waals surface area contributed by atoms with Crippen molar-refractivity contribution in [1.82, 2.24) is 10.2 Å². The first kappa shape index (κ1) is 8.52. The largest absolute Gasteiger partial charge is 0.315 e. The van der Waals surface area contributed by atoms with E-state index in [1.54, 1.807) is 0 Å². The average molecular weight is 168 g/mol. The van der Waals surface area contributed by atoms with Gasteiger partial charge in [-0.05, 0) is 31.8 Å². The molecule has 0 aromatic heterocycles. The maximum Gasteiger partial charge on any atom is 0.0220 e. The van der Waals surface area contributed by atoms with Gasteiger partial charge in [0.25, 0.3) is 0 Å². The molecule has 2 rings (SSSR count). The maximum atomic E-state index is 3.55. The van der Waals surface area contributed by atoms with Crippen LogP contribution in [0.3, 0.4) is 0 Å². The van der Waals surface area contributed by atoms with Crippen LogP contribution in [0.2, 0.25) is 0 Å². The molecule has 1 N–H and O–H groups in total. The molecule has 2 fully saturated rings. The predicted octanol–water partition coefficient (Wildman–Crippen LogP) is 1.08. The van der Waals surface area contributed by atoms with E-state index in [9.17, 15) is 0 Å². The zero-order chi connectivity index (χ0) is 8.39. The molecule has 2 unspecified atom stereocenters. The number of nitrogens with one attached hydrogen (secondary N) is 1. The molecule has 2 heterocycles. The van der Waals surface area contributed by atoms with Crippen LogP contribution in [0.15, 0.2) is 0 Å². The highest BCUT2D eigenvalue weighted by molar-refractivity contribution is 4.83. The van der Waals surface area contributed by atoms with E-state index in [2.05, 4.69) is 17.1 Å². The summed E-state index contributed by atoms with van der Waals surface area (Å²) in [5.41, 5.74) is 0. The lowest BCUT2D eigenvalue weighted by atomic mass is 10.0. The zero-order valence-electron chi connectivity index (χ0n) is 8.05. The normalized spacial score (nSPS) is 38.8. The van der Waals surface area contributed by atoms with Crippen LogP contribution in [0.25, 0.3) is 0 Å². The van der Waals surface area contributed by atoms with E-state index in [1.165, 1.54) is 45.4 Å². The van der Waals surface area contributed by atoms with Gasteiger partial charge in [0.05, 0.1) is 0 Å². The molecule has 2 aliphatic heterocycles. The van der Waals surface area contributed by atoms with Crippen molar-refractivity contribution in [3.05, 3.63) is 0 Å². The molecule has 0 aliphatic carbocycles. The Morgan fingerprint density at radius 3 is 3.08 bits per heavy atom. The van der Waals surface area contributed by atoms with Crippen molar-refractivity contribution < 1.29 is 0 Å². The summed E-state index contributed by atoms with van der Waals surface area (Å²) in [5, 5.41) is 3.55. The van der Waals surface area contributed by atoms with Gasteiger partial charge in [-0.15, -0.1) is 0 Å². The molecule has 0 bridgehead atoms. The first-order valence-corrected chi connectivity index (χ1v) is 5.31. The molecule has 2 atom stereocenters. The first-order chi connectivity index (χ1) is 5.86. The Labute approximate surface area is 75.3 Å². The highest BCUT2D eigenvalue weighted by Crippen LogP contribution is 2.19. The molecule has 0 radical (unpaired) electrons. The van der Waals surface area contributed by atoms with Crippen LogP contribution in [0.4, 0.5) is 0 Å². The summed E-state index contributed by atoms with van der Waals surface area (Å²) < 4.78 is 0. The first-order valence-electron chi connectivity index (χ1n) is 5.31. The zero-order valence-corrected chi connectivity index (χ0v) is 8.05. The lowest BCUT2D eigenvalue weighted by Gasteiger charge is -2.34. The van der Waals surface area contributed by atoms with Crippen LogP contribution in [0, 0.1) is 5.92 Å². The molecule has 0 aromatic carbocycles. The van der Waals surface area contributed by atoms with E-state index in [0.29, 0.717) is 0 Å². The Balaban J connectivity index is 1.96. The Kier molecular flexibility index (Phi) is 2.66. The molecule has 0 amide bonds. The number of rotatable bonds is 0. The second kappa shape index (κ2) is 3.75. The SMILES string of the molecule is CC1CNCC2CCCCN2C1. The van der Waals surface area contributed by atoms with E-state index in [0.717, 1.165) is 12.0 Å². The van der Waals surface area contributed by atoms with E-state index in [1.807, 2.05) is 0 Å². The smallest absolute Gasteiger partial charge is 0.0220 e. The molecule has 2 nitrogen and oxygen atoms in total. The third kappa shape index (κ3) is 1.80. The lowest BCUT2D eigenvalue weighted by Crippen LogP contribution is -2.43. The fraction of sp³-hybridized carbons (Fsp3) is 1.00. The quantitative estimate of drug-likeness (QED) is 0.582. The lowest BCUT2D eigenvalue weighted by molar-refractivity contribution is 0.147. The molecular weight excluding hydrogens is 148 g/mol. The van der Waals surface area contributed by atoms with Crippen molar-refractivity contribution in [2.75, 3.05) is 26.2 Å². The second-order valence-electron chi connectivity index (χ2n) is 4.41. The standard InChI is InChI=1S/C10H20N2/c1-9-6-11-7-10-4-2-3-5-12(10)8-9/h9-11H,2-8H2,1H3. The van der Waals surface area contributed by atoms with Gasteiger partial charge in [0.2, 0.25) is 0 Å². The van der Waals surface area contributed by atoms with Gasteiger partial charge in [-0.25, -0.2) is 0 Å². The van der Waals surface area contributed by atoms with Crippen LogP contribution in [-0.4, -0.2) is 37.1 Å². The molecule has 70 valence electrons. The highest BCUT2D eigenvalue weighted by atomic mass is 15.2. The van der Waals surface area contributed by atoms with Gasteiger partial charge in [0.1, 0.15) is 0 Å². The van der Waals surface area contributed by atoms with Crippen molar-refractivity contribution in [1.29, 1.82) is 0 Å². The van der Waals surface area contributed by atoms with Crippen LogP contribution in [0.1, 0.15) is 26.2 Å². The summed E-state index contributed by atoms with van der Waals surface area (Å²) in [7, 11) is 0. The summed E-state index contributed by atoms with van der Waals surface area (Å²) in [6, 6.07) is 0.851. The average Bonchev–Trinajstić information content (AvgIpc) is 2.25. The van der Waals surface area contributed by atoms with Gasteiger partial charge in [0.15, 0.2) is 0 Å². The Morgan fingerprint density at radius 2 is 2.17 bits per heavy atom.